The molecule has 0 aliphatic heterocycles. The van der Waals surface area contributed by atoms with Crippen LogP contribution in [0.5, 0.6) is 0 Å². The summed E-state index contributed by atoms with van der Waals surface area (Å²) < 4.78 is 4.94. The van der Waals surface area contributed by atoms with Crippen LogP contribution in [0.25, 0.3) is 0 Å². The Balaban J connectivity index is 1.81. The van der Waals surface area contributed by atoms with E-state index < -0.39 is 0 Å². The normalized spacial score (nSPS) is 29.7. The van der Waals surface area contributed by atoms with Crippen molar-refractivity contribution in [3.05, 3.63) is 0 Å². The molecule has 0 aromatic heterocycles. The molecule has 2 saturated carbocycles. The lowest BCUT2D eigenvalue weighted by Gasteiger charge is -2.24. The quantitative estimate of drug-likeness (QED) is 0.592. The van der Waals surface area contributed by atoms with Gasteiger partial charge in [-0.1, -0.05) is 32.1 Å². The van der Waals surface area contributed by atoms with Crippen molar-refractivity contribution in [2.24, 2.45) is 11.8 Å². The molecule has 0 bridgehead atoms. The molecule has 2 rings (SSSR count). The van der Waals surface area contributed by atoms with E-state index in [0.717, 1.165) is 25.3 Å². The lowest BCUT2D eigenvalue weighted by atomic mass is 9.94. The second-order valence-corrected chi connectivity index (χ2v) is 5.56. The van der Waals surface area contributed by atoms with Crippen LogP contribution >= 0.6 is 0 Å². The van der Waals surface area contributed by atoms with Crippen LogP contribution in [0.4, 0.5) is 0 Å². The van der Waals surface area contributed by atoms with Crippen LogP contribution in [0, 0.1) is 11.8 Å². The number of hydrogen-bond donors (Lipinski definition) is 1. The van der Waals surface area contributed by atoms with E-state index in [-0.39, 0.29) is 11.9 Å². The van der Waals surface area contributed by atoms with Crippen LogP contribution in [0.3, 0.4) is 0 Å². The Hall–Kier alpha value is -0.570. The summed E-state index contributed by atoms with van der Waals surface area (Å²) in [5.74, 6) is 1.03. The van der Waals surface area contributed by atoms with Crippen molar-refractivity contribution in [1.29, 1.82) is 0 Å². The average Bonchev–Trinajstić information content (AvgIpc) is 3.15. The molecule has 2 fully saturated rings. The van der Waals surface area contributed by atoms with E-state index >= 15 is 0 Å². The van der Waals surface area contributed by atoms with Gasteiger partial charge in [0.25, 0.3) is 0 Å². The van der Waals surface area contributed by atoms with Crippen LogP contribution < -0.4 is 5.32 Å². The van der Waals surface area contributed by atoms with Gasteiger partial charge in [0.2, 0.25) is 0 Å². The summed E-state index contributed by atoms with van der Waals surface area (Å²) in [6, 6.07) is 0.351. The van der Waals surface area contributed by atoms with Crippen molar-refractivity contribution < 1.29 is 9.53 Å². The fourth-order valence-corrected chi connectivity index (χ4v) is 2.86. The molecule has 0 aromatic carbocycles. The number of ether oxygens (including phenoxy) is 1. The van der Waals surface area contributed by atoms with Gasteiger partial charge in [0.1, 0.15) is 0 Å². The van der Waals surface area contributed by atoms with Gasteiger partial charge in [0, 0.05) is 6.04 Å². The van der Waals surface area contributed by atoms with E-state index in [1.165, 1.54) is 45.6 Å². The molecule has 0 aromatic rings. The maximum atomic E-state index is 11.8. The Kier molecular flexibility index (Phi) is 4.84. The summed E-state index contributed by atoms with van der Waals surface area (Å²) in [4.78, 5) is 11.8. The summed E-state index contributed by atoms with van der Waals surface area (Å²) in [6.07, 6.45) is 9.89. The number of nitrogens with one attached hydrogen (secondary N) is 1. The lowest BCUT2D eigenvalue weighted by Crippen LogP contribution is -2.40. The van der Waals surface area contributed by atoms with Gasteiger partial charge >= 0.3 is 5.97 Å². The van der Waals surface area contributed by atoms with Gasteiger partial charge in [0.15, 0.2) is 0 Å². The zero-order valence-electron chi connectivity index (χ0n) is 10.9. The van der Waals surface area contributed by atoms with E-state index in [1.807, 2.05) is 0 Å². The Morgan fingerprint density at radius 2 is 1.94 bits per heavy atom. The van der Waals surface area contributed by atoms with Gasteiger partial charge in [-0.3, -0.25) is 4.79 Å². The van der Waals surface area contributed by atoms with Gasteiger partial charge in [-0.15, -0.1) is 0 Å². The topological polar surface area (TPSA) is 38.3 Å². The molecule has 3 nitrogen and oxygen atoms in total. The third kappa shape index (κ3) is 3.98. The SMILES string of the molecule is COC(=O)[C@H]1CCCCC[C@H]1NCCC1CC1. The van der Waals surface area contributed by atoms with E-state index in [1.54, 1.807) is 0 Å². The first-order chi connectivity index (χ1) is 8.31. The summed E-state index contributed by atoms with van der Waals surface area (Å²) in [6.45, 7) is 1.07. The zero-order valence-corrected chi connectivity index (χ0v) is 10.9. The maximum Gasteiger partial charge on any atom is 0.310 e. The highest BCUT2D eigenvalue weighted by Gasteiger charge is 2.30. The van der Waals surface area contributed by atoms with Crippen LogP contribution in [0.15, 0.2) is 0 Å². The molecule has 2 atom stereocenters. The van der Waals surface area contributed by atoms with Crippen molar-refractivity contribution in [3.63, 3.8) is 0 Å². The van der Waals surface area contributed by atoms with Crippen LogP contribution in [0.1, 0.15) is 51.4 Å². The van der Waals surface area contributed by atoms with Gasteiger partial charge < -0.3 is 10.1 Å². The minimum absolute atomic E-state index is 0.0178. The Labute approximate surface area is 104 Å². The molecule has 0 saturated heterocycles. The second kappa shape index (κ2) is 6.39. The minimum atomic E-state index is -0.0178. The first-order valence-electron chi connectivity index (χ1n) is 7.12. The molecule has 2 aliphatic rings. The van der Waals surface area contributed by atoms with E-state index in [4.69, 9.17) is 4.74 Å². The molecular formula is C14H25NO2. The van der Waals surface area contributed by atoms with Gasteiger partial charge in [0.05, 0.1) is 13.0 Å². The number of methoxy groups -OCH3 is 1. The monoisotopic (exact) mass is 239 g/mol. The third-order valence-electron chi connectivity index (χ3n) is 4.18. The Bertz CT molecular complexity index is 251. The van der Waals surface area contributed by atoms with Crippen LogP contribution in [-0.2, 0) is 9.53 Å². The van der Waals surface area contributed by atoms with Crippen molar-refractivity contribution in [3.8, 4) is 0 Å². The highest BCUT2D eigenvalue weighted by molar-refractivity contribution is 5.73. The van der Waals surface area contributed by atoms with Crippen molar-refractivity contribution in [2.75, 3.05) is 13.7 Å². The lowest BCUT2D eigenvalue weighted by molar-refractivity contribution is -0.146. The van der Waals surface area contributed by atoms with E-state index in [9.17, 15) is 4.79 Å². The molecule has 2 aliphatic carbocycles. The van der Waals surface area contributed by atoms with Gasteiger partial charge in [-0.25, -0.2) is 0 Å². The summed E-state index contributed by atoms with van der Waals surface area (Å²) in [5, 5.41) is 3.60. The summed E-state index contributed by atoms with van der Waals surface area (Å²) in [5.41, 5.74) is 0. The maximum absolute atomic E-state index is 11.8. The minimum Gasteiger partial charge on any atom is -0.469 e. The molecule has 0 amide bonds. The fraction of sp³-hybridized carbons (Fsp3) is 0.929. The standard InChI is InChI=1S/C14H25NO2/c1-17-14(16)12-5-3-2-4-6-13(12)15-10-9-11-7-8-11/h11-13,15H,2-10H2,1H3/t12-,13+/m0/s1. The highest BCUT2D eigenvalue weighted by Crippen LogP contribution is 2.32. The number of carbonyl (C=O) groups excluding carboxylic acids is 1. The van der Waals surface area contributed by atoms with Crippen molar-refractivity contribution >= 4 is 5.97 Å². The van der Waals surface area contributed by atoms with Crippen LogP contribution in [-0.4, -0.2) is 25.7 Å². The van der Waals surface area contributed by atoms with E-state index in [0.29, 0.717) is 6.04 Å². The third-order valence-corrected chi connectivity index (χ3v) is 4.18. The summed E-state index contributed by atoms with van der Waals surface area (Å²) >= 11 is 0. The molecule has 0 unspecified atom stereocenters. The number of esters is 1. The van der Waals surface area contributed by atoms with Gasteiger partial charge in [-0.2, -0.15) is 0 Å². The molecule has 0 heterocycles. The number of rotatable bonds is 5. The van der Waals surface area contributed by atoms with Crippen LogP contribution in [0.2, 0.25) is 0 Å². The smallest absolute Gasteiger partial charge is 0.310 e. The predicted octanol–water partition coefficient (Wildman–Crippen LogP) is 2.50. The van der Waals surface area contributed by atoms with Crippen molar-refractivity contribution in [1.82, 2.24) is 5.32 Å². The Morgan fingerprint density at radius 3 is 2.65 bits per heavy atom. The molecule has 98 valence electrons. The fourth-order valence-electron chi connectivity index (χ4n) is 2.86. The first kappa shape index (κ1) is 12.9. The zero-order chi connectivity index (χ0) is 12.1. The summed E-state index contributed by atoms with van der Waals surface area (Å²) in [7, 11) is 1.51. The van der Waals surface area contributed by atoms with Crippen molar-refractivity contribution in [2.45, 2.75) is 57.4 Å². The van der Waals surface area contributed by atoms with E-state index in [2.05, 4.69) is 5.32 Å². The largest absolute Gasteiger partial charge is 0.469 e. The number of hydrogen-bond acceptors (Lipinski definition) is 3. The molecule has 3 heteroatoms. The first-order valence-corrected chi connectivity index (χ1v) is 7.12. The molecular weight excluding hydrogens is 214 g/mol. The average molecular weight is 239 g/mol. The molecule has 0 spiro atoms. The molecule has 1 N–H and O–H groups in total. The molecule has 17 heavy (non-hydrogen) atoms. The van der Waals surface area contributed by atoms with Gasteiger partial charge in [-0.05, 0) is 31.7 Å². The highest BCUT2D eigenvalue weighted by atomic mass is 16.5. The molecule has 0 radical (unpaired) electrons. The predicted molar refractivity (Wildman–Crippen MR) is 67.7 cm³/mol. The second-order valence-electron chi connectivity index (χ2n) is 5.56. The number of carbonyl (C=O) groups is 1. The Morgan fingerprint density at radius 1 is 1.18 bits per heavy atom.